The normalized spacial score (nSPS) is 10.9. The summed E-state index contributed by atoms with van der Waals surface area (Å²) in [5.74, 6) is 0.486. The number of carbonyl (C=O) groups is 1. The number of nitrogens with zero attached hydrogens (tertiary/aromatic N) is 1. The molecule has 0 spiro atoms. The molecule has 0 bridgehead atoms. The predicted octanol–water partition coefficient (Wildman–Crippen LogP) is 5.79. The van der Waals surface area contributed by atoms with Gasteiger partial charge in [0.25, 0.3) is 0 Å². The minimum Gasteiger partial charge on any atom is -0.497 e. The van der Waals surface area contributed by atoms with Crippen LogP contribution >= 0.6 is 0 Å². The van der Waals surface area contributed by atoms with Gasteiger partial charge in [-0.25, -0.2) is 4.79 Å². The van der Waals surface area contributed by atoms with Gasteiger partial charge in [-0.2, -0.15) is 0 Å². The van der Waals surface area contributed by atoms with Crippen molar-refractivity contribution in [1.82, 2.24) is 5.16 Å². The van der Waals surface area contributed by atoms with Gasteiger partial charge in [-0.15, -0.1) is 0 Å². The summed E-state index contributed by atoms with van der Waals surface area (Å²) >= 11 is 0. The number of aromatic nitrogens is 1. The van der Waals surface area contributed by atoms with Crippen LogP contribution in [0.2, 0.25) is 0 Å². The van der Waals surface area contributed by atoms with E-state index in [0.29, 0.717) is 0 Å². The highest BCUT2D eigenvalue weighted by molar-refractivity contribution is 5.96. The summed E-state index contributed by atoms with van der Waals surface area (Å²) in [6, 6.07) is 19.3. The largest absolute Gasteiger partial charge is 0.497 e. The summed E-state index contributed by atoms with van der Waals surface area (Å²) in [4.78, 5) is 11.1. The van der Waals surface area contributed by atoms with E-state index in [1.165, 1.54) is 0 Å². The molecule has 0 radical (unpaired) electrons. The van der Waals surface area contributed by atoms with Gasteiger partial charge < -0.3 is 19.1 Å². The standard InChI is InChI=1S/C26H21NO5/c1-30-21-8-4-18(5-9-21)23-13-17(3-12-25(28)29)14-24(26(23)20-15-27-32-16-20)19-6-10-22(31-2)11-7-19/h3-16H,1-2H3,(H,28,29). The Hall–Kier alpha value is -4.32. The maximum Gasteiger partial charge on any atom is 0.328 e. The van der Waals surface area contributed by atoms with E-state index in [1.807, 2.05) is 60.7 Å². The van der Waals surface area contributed by atoms with E-state index in [9.17, 15) is 4.79 Å². The lowest BCUT2D eigenvalue weighted by Crippen LogP contribution is -1.93. The second kappa shape index (κ2) is 9.22. The fourth-order valence-corrected chi connectivity index (χ4v) is 3.56. The number of benzene rings is 3. The van der Waals surface area contributed by atoms with E-state index in [-0.39, 0.29) is 0 Å². The van der Waals surface area contributed by atoms with Crippen LogP contribution in [0.4, 0.5) is 0 Å². The van der Waals surface area contributed by atoms with Gasteiger partial charge in [-0.05, 0) is 70.3 Å². The fraction of sp³-hybridized carbons (Fsp3) is 0.0769. The fourth-order valence-electron chi connectivity index (χ4n) is 3.56. The molecule has 0 unspecified atom stereocenters. The van der Waals surface area contributed by atoms with Crippen molar-refractivity contribution >= 4 is 12.0 Å². The van der Waals surface area contributed by atoms with Crippen LogP contribution in [-0.4, -0.2) is 30.5 Å². The third-order valence-electron chi connectivity index (χ3n) is 5.10. The molecule has 0 saturated heterocycles. The number of ether oxygens (including phenoxy) is 2. The van der Waals surface area contributed by atoms with Gasteiger partial charge in [-0.1, -0.05) is 29.4 Å². The molecule has 0 atom stereocenters. The number of methoxy groups -OCH3 is 2. The summed E-state index contributed by atoms with van der Waals surface area (Å²) in [5, 5.41) is 13.0. The summed E-state index contributed by atoms with van der Waals surface area (Å²) in [7, 11) is 3.24. The Morgan fingerprint density at radius 2 is 1.41 bits per heavy atom. The lowest BCUT2D eigenvalue weighted by atomic mass is 9.87. The first-order chi connectivity index (χ1) is 15.6. The minimum atomic E-state index is -1.01. The third kappa shape index (κ3) is 4.39. The second-order valence-corrected chi connectivity index (χ2v) is 7.03. The van der Waals surface area contributed by atoms with Crippen molar-refractivity contribution in [3.63, 3.8) is 0 Å². The highest BCUT2D eigenvalue weighted by atomic mass is 16.5. The SMILES string of the molecule is COc1ccc(-c2cc(C=CC(=O)O)cc(-c3ccc(OC)cc3)c2-c2cnoc2)cc1. The molecule has 4 rings (SSSR count). The number of rotatable bonds is 7. The molecule has 32 heavy (non-hydrogen) atoms. The maximum absolute atomic E-state index is 11.1. The first-order valence-corrected chi connectivity index (χ1v) is 9.86. The molecule has 0 aliphatic rings. The molecule has 1 aromatic heterocycles. The molecule has 0 saturated carbocycles. The minimum absolute atomic E-state index is 0.748. The molecule has 6 heteroatoms. The Bertz CT molecular complexity index is 1170. The molecule has 0 aliphatic carbocycles. The van der Waals surface area contributed by atoms with Gasteiger partial charge in [0.05, 0.1) is 20.4 Å². The topological polar surface area (TPSA) is 81.8 Å². The quantitative estimate of drug-likeness (QED) is 0.376. The van der Waals surface area contributed by atoms with Crippen molar-refractivity contribution in [3.8, 4) is 44.9 Å². The van der Waals surface area contributed by atoms with Gasteiger partial charge in [0, 0.05) is 17.2 Å². The van der Waals surface area contributed by atoms with Crippen LogP contribution < -0.4 is 9.47 Å². The first-order valence-electron chi connectivity index (χ1n) is 9.86. The molecule has 0 aliphatic heterocycles. The highest BCUT2D eigenvalue weighted by Crippen LogP contribution is 2.42. The number of carboxylic acids is 1. The monoisotopic (exact) mass is 427 g/mol. The van der Waals surface area contributed by atoms with Crippen LogP contribution in [0.15, 0.2) is 83.7 Å². The van der Waals surface area contributed by atoms with Crippen LogP contribution in [0.3, 0.4) is 0 Å². The maximum atomic E-state index is 11.1. The summed E-state index contributed by atoms with van der Waals surface area (Å²) in [6.45, 7) is 0. The van der Waals surface area contributed by atoms with Gasteiger partial charge in [-0.3, -0.25) is 0 Å². The Labute approximate surface area is 185 Å². The zero-order chi connectivity index (χ0) is 22.5. The zero-order valence-corrected chi connectivity index (χ0v) is 17.6. The third-order valence-corrected chi connectivity index (χ3v) is 5.10. The summed E-state index contributed by atoms with van der Waals surface area (Å²) < 4.78 is 15.7. The zero-order valence-electron chi connectivity index (χ0n) is 17.6. The Balaban J connectivity index is 2.00. The van der Waals surface area contributed by atoms with Crippen LogP contribution in [-0.2, 0) is 4.79 Å². The average Bonchev–Trinajstić information content (AvgIpc) is 3.37. The predicted molar refractivity (Wildman–Crippen MR) is 123 cm³/mol. The Kier molecular flexibility index (Phi) is 6.03. The van der Waals surface area contributed by atoms with Crippen LogP contribution in [0.25, 0.3) is 39.5 Å². The molecule has 1 N–H and O–H groups in total. The summed E-state index contributed by atoms with van der Waals surface area (Å²) in [5.41, 5.74) is 6.21. The Morgan fingerprint density at radius 1 is 0.875 bits per heavy atom. The van der Waals surface area contributed by atoms with Crippen LogP contribution in [0, 0.1) is 0 Å². The van der Waals surface area contributed by atoms with Gasteiger partial charge in [0.1, 0.15) is 17.8 Å². The smallest absolute Gasteiger partial charge is 0.328 e. The molecule has 160 valence electrons. The van der Waals surface area contributed by atoms with Crippen LogP contribution in [0.5, 0.6) is 11.5 Å². The molecule has 6 nitrogen and oxygen atoms in total. The molecule has 0 amide bonds. The number of hydrogen-bond donors (Lipinski definition) is 1. The molecular formula is C26H21NO5. The van der Waals surface area contributed by atoms with E-state index in [1.54, 1.807) is 32.8 Å². The van der Waals surface area contributed by atoms with Gasteiger partial charge >= 0.3 is 5.97 Å². The molecular weight excluding hydrogens is 406 g/mol. The molecule has 1 heterocycles. The first kappa shape index (κ1) is 20.9. The van der Waals surface area contributed by atoms with E-state index in [4.69, 9.17) is 19.1 Å². The van der Waals surface area contributed by atoms with Crippen molar-refractivity contribution in [1.29, 1.82) is 0 Å². The number of carboxylic acid groups (broad SMARTS) is 1. The van der Waals surface area contributed by atoms with Crippen molar-refractivity contribution in [3.05, 3.63) is 84.8 Å². The van der Waals surface area contributed by atoms with E-state index in [0.717, 1.165) is 56.5 Å². The lowest BCUT2D eigenvalue weighted by molar-refractivity contribution is -0.131. The van der Waals surface area contributed by atoms with Gasteiger partial charge in [0.15, 0.2) is 0 Å². The summed E-state index contributed by atoms with van der Waals surface area (Å²) in [6.07, 6.45) is 5.98. The van der Waals surface area contributed by atoms with Crippen molar-refractivity contribution < 1.29 is 23.9 Å². The van der Waals surface area contributed by atoms with E-state index >= 15 is 0 Å². The Morgan fingerprint density at radius 3 is 1.81 bits per heavy atom. The van der Waals surface area contributed by atoms with E-state index in [2.05, 4.69) is 5.16 Å². The number of hydrogen-bond acceptors (Lipinski definition) is 5. The average molecular weight is 427 g/mol. The van der Waals surface area contributed by atoms with Gasteiger partial charge in [0.2, 0.25) is 0 Å². The van der Waals surface area contributed by atoms with Crippen molar-refractivity contribution in [2.24, 2.45) is 0 Å². The number of aliphatic carboxylic acids is 1. The second-order valence-electron chi connectivity index (χ2n) is 7.03. The molecule has 3 aromatic carbocycles. The highest BCUT2D eigenvalue weighted by Gasteiger charge is 2.17. The van der Waals surface area contributed by atoms with Crippen molar-refractivity contribution in [2.45, 2.75) is 0 Å². The van der Waals surface area contributed by atoms with Crippen molar-refractivity contribution in [2.75, 3.05) is 14.2 Å². The molecule has 0 fully saturated rings. The molecule has 4 aromatic rings. The van der Waals surface area contributed by atoms with Crippen LogP contribution in [0.1, 0.15) is 5.56 Å². The van der Waals surface area contributed by atoms with E-state index < -0.39 is 5.97 Å². The lowest BCUT2D eigenvalue weighted by Gasteiger charge is -2.17.